The summed E-state index contributed by atoms with van der Waals surface area (Å²) in [5.41, 5.74) is 1.61. The summed E-state index contributed by atoms with van der Waals surface area (Å²) in [7, 11) is -1.36. The van der Waals surface area contributed by atoms with Crippen molar-refractivity contribution in [3.05, 3.63) is 66.2 Å². The number of ether oxygens (including phenoxy) is 1. The summed E-state index contributed by atoms with van der Waals surface area (Å²) in [6.07, 6.45) is 4.57. The van der Waals surface area contributed by atoms with Crippen LogP contribution in [0.1, 0.15) is 5.56 Å². The third kappa shape index (κ3) is 8.72. The molecule has 0 aliphatic rings. The van der Waals surface area contributed by atoms with E-state index in [0.29, 0.717) is 18.0 Å². The fraction of sp³-hybridized carbons (Fsp3) is 0.300. The maximum atomic E-state index is 11.2. The molecule has 0 bridgehead atoms. The van der Waals surface area contributed by atoms with Gasteiger partial charge in [-0.05, 0) is 36.9 Å². The highest BCUT2D eigenvalue weighted by molar-refractivity contribution is 7.92. The van der Waals surface area contributed by atoms with E-state index in [1.54, 1.807) is 24.3 Å². The Kier molecular flexibility index (Phi) is 7.84. The summed E-state index contributed by atoms with van der Waals surface area (Å²) in [4.78, 5) is 2.01. The third-order valence-corrected chi connectivity index (χ3v) is 4.26. The van der Waals surface area contributed by atoms with Crippen LogP contribution < -0.4 is 9.46 Å². The van der Waals surface area contributed by atoms with Crippen LogP contribution in [-0.4, -0.2) is 57.5 Å². The lowest BCUT2D eigenvalue weighted by Crippen LogP contribution is -2.33. The highest BCUT2D eigenvalue weighted by Crippen LogP contribution is 2.16. The minimum absolute atomic E-state index is 0.158. The number of hydrogen-bond donors (Lipinski definition) is 2. The van der Waals surface area contributed by atoms with Gasteiger partial charge in [-0.2, -0.15) is 0 Å². The van der Waals surface area contributed by atoms with Gasteiger partial charge in [0.25, 0.3) is 0 Å². The van der Waals surface area contributed by atoms with Crippen molar-refractivity contribution in [1.82, 2.24) is 4.90 Å². The number of rotatable bonds is 10. The molecule has 0 heterocycles. The molecule has 2 aromatic rings. The highest BCUT2D eigenvalue weighted by atomic mass is 32.2. The number of nitrogens with zero attached hydrogens (tertiary/aromatic N) is 1. The average molecular weight is 391 g/mol. The Hall–Kier alpha value is -2.35. The standard InChI is InChI=1S/C20H26N2O4S/c1-22(14-6-9-17-7-4-3-5-8-17)15-19(23)16-26-20-12-10-18(11-13-20)21-27(2,24)25/h3-13,19,21,23H,14-16H2,1-2H3/b9-6+. The van der Waals surface area contributed by atoms with Crippen molar-refractivity contribution >= 4 is 21.8 Å². The number of nitrogens with one attached hydrogen (secondary N) is 1. The Labute approximate surface area is 161 Å². The highest BCUT2D eigenvalue weighted by Gasteiger charge is 2.09. The lowest BCUT2D eigenvalue weighted by Gasteiger charge is -2.19. The molecular weight excluding hydrogens is 364 g/mol. The van der Waals surface area contributed by atoms with Gasteiger partial charge in [0.15, 0.2) is 0 Å². The summed E-state index contributed by atoms with van der Waals surface area (Å²) in [6.45, 7) is 1.36. The van der Waals surface area contributed by atoms with E-state index >= 15 is 0 Å². The van der Waals surface area contributed by atoms with Gasteiger partial charge in [-0.3, -0.25) is 4.72 Å². The number of likely N-dealkylation sites (N-methyl/N-ethyl adjacent to an activating group) is 1. The summed E-state index contributed by atoms with van der Waals surface area (Å²) in [5.74, 6) is 0.569. The Morgan fingerprint density at radius 3 is 2.44 bits per heavy atom. The quantitative estimate of drug-likeness (QED) is 0.651. The molecule has 146 valence electrons. The van der Waals surface area contributed by atoms with Crippen molar-refractivity contribution in [1.29, 1.82) is 0 Å². The van der Waals surface area contributed by atoms with E-state index in [1.807, 2.05) is 48.4 Å². The van der Waals surface area contributed by atoms with Crippen LogP contribution in [0, 0.1) is 0 Å². The second-order valence-corrected chi connectivity index (χ2v) is 8.15. The van der Waals surface area contributed by atoms with Crippen LogP contribution in [0.2, 0.25) is 0 Å². The first-order valence-corrected chi connectivity index (χ1v) is 10.5. The molecule has 2 rings (SSSR count). The molecule has 0 amide bonds. The number of hydrogen-bond acceptors (Lipinski definition) is 5. The normalized spacial score (nSPS) is 13.0. The van der Waals surface area contributed by atoms with E-state index in [2.05, 4.69) is 10.8 Å². The first-order chi connectivity index (χ1) is 12.8. The number of aliphatic hydroxyl groups is 1. The zero-order valence-electron chi connectivity index (χ0n) is 15.6. The largest absolute Gasteiger partial charge is 0.491 e. The molecule has 1 unspecified atom stereocenters. The summed E-state index contributed by atoms with van der Waals surface area (Å²) >= 11 is 0. The van der Waals surface area contributed by atoms with E-state index in [-0.39, 0.29) is 6.61 Å². The first-order valence-electron chi connectivity index (χ1n) is 8.61. The van der Waals surface area contributed by atoms with Crippen LogP contribution in [0.4, 0.5) is 5.69 Å². The number of aliphatic hydroxyl groups excluding tert-OH is 1. The second kappa shape index (κ2) is 10.1. The second-order valence-electron chi connectivity index (χ2n) is 6.40. The van der Waals surface area contributed by atoms with Gasteiger partial charge in [-0.1, -0.05) is 42.5 Å². The molecule has 0 spiro atoms. The molecule has 27 heavy (non-hydrogen) atoms. The molecule has 0 fully saturated rings. The van der Waals surface area contributed by atoms with E-state index in [1.165, 1.54) is 0 Å². The molecule has 0 aromatic heterocycles. The molecule has 6 nitrogen and oxygen atoms in total. The van der Waals surface area contributed by atoms with Crippen molar-refractivity contribution in [3.8, 4) is 5.75 Å². The zero-order valence-corrected chi connectivity index (χ0v) is 16.4. The molecule has 2 aromatic carbocycles. The van der Waals surface area contributed by atoms with Gasteiger partial charge in [0.05, 0.1) is 6.26 Å². The molecule has 1 atom stereocenters. The SMILES string of the molecule is CN(C/C=C/c1ccccc1)CC(O)COc1ccc(NS(C)(=O)=O)cc1. The number of anilines is 1. The van der Waals surface area contributed by atoms with Crippen LogP contribution >= 0.6 is 0 Å². The molecule has 0 saturated carbocycles. The third-order valence-electron chi connectivity index (χ3n) is 3.65. The Balaban J connectivity index is 1.72. The first kappa shape index (κ1) is 21.0. The van der Waals surface area contributed by atoms with E-state index in [4.69, 9.17) is 4.74 Å². The van der Waals surface area contributed by atoms with Crippen LogP contribution in [0.15, 0.2) is 60.7 Å². The lowest BCUT2D eigenvalue weighted by molar-refractivity contribution is 0.0795. The smallest absolute Gasteiger partial charge is 0.229 e. The summed E-state index contributed by atoms with van der Waals surface area (Å²) in [5, 5.41) is 10.1. The predicted octanol–water partition coefficient (Wildman–Crippen LogP) is 2.44. The molecule has 2 N–H and O–H groups in total. The van der Waals surface area contributed by atoms with Gasteiger partial charge in [0, 0.05) is 18.8 Å². The van der Waals surface area contributed by atoms with E-state index in [0.717, 1.165) is 18.4 Å². The van der Waals surface area contributed by atoms with Gasteiger partial charge in [-0.15, -0.1) is 0 Å². The van der Waals surface area contributed by atoms with Crippen LogP contribution in [-0.2, 0) is 10.0 Å². The minimum Gasteiger partial charge on any atom is -0.491 e. The van der Waals surface area contributed by atoms with Crippen LogP contribution in [0.25, 0.3) is 6.08 Å². The van der Waals surface area contributed by atoms with Crippen molar-refractivity contribution in [2.45, 2.75) is 6.10 Å². The van der Waals surface area contributed by atoms with Gasteiger partial charge in [-0.25, -0.2) is 8.42 Å². The number of benzene rings is 2. The van der Waals surface area contributed by atoms with Crippen LogP contribution in [0.5, 0.6) is 5.75 Å². The van der Waals surface area contributed by atoms with Gasteiger partial charge < -0.3 is 14.7 Å². The monoisotopic (exact) mass is 390 g/mol. The molecule has 0 radical (unpaired) electrons. The van der Waals surface area contributed by atoms with Gasteiger partial charge >= 0.3 is 0 Å². The summed E-state index contributed by atoms with van der Waals surface area (Å²) in [6, 6.07) is 16.6. The van der Waals surface area contributed by atoms with Crippen molar-refractivity contribution in [3.63, 3.8) is 0 Å². The summed E-state index contributed by atoms with van der Waals surface area (Å²) < 4.78 is 30.3. The van der Waals surface area contributed by atoms with Crippen molar-refractivity contribution < 1.29 is 18.3 Å². The van der Waals surface area contributed by atoms with Crippen molar-refractivity contribution in [2.75, 3.05) is 37.7 Å². The maximum Gasteiger partial charge on any atom is 0.229 e. The molecule has 0 aliphatic carbocycles. The molecular formula is C20H26N2O4S. The van der Waals surface area contributed by atoms with Crippen molar-refractivity contribution in [2.24, 2.45) is 0 Å². The van der Waals surface area contributed by atoms with Crippen LogP contribution in [0.3, 0.4) is 0 Å². The molecule has 7 heteroatoms. The Bertz CT molecular complexity index is 821. The minimum atomic E-state index is -3.30. The Morgan fingerprint density at radius 1 is 1.15 bits per heavy atom. The predicted molar refractivity (Wildman–Crippen MR) is 109 cm³/mol. The topological polar surface area (TPSA) is 78.9 Å². The van der Waals surface area contributed by atoms with E-state index < -0.39 is 16.1 Å². The molecule has 0 aliphatic heterocycles. The maximum absolute atomic E-state index is 11.2. The number of sulfonamides is 1. The van der Waals surface area contributed by atoms with Gasteiger partial charge in [0.2, 0.25) is 10.0 Å². The van der Waals surface area contributed by atoms with E-state index in [9.17, 15) is 13.5 Å². The Morgan fingerprint density at radius 2 is 1.81 bits per heavy atom. The average Bonchev–Trinajstić information content (AvgIpc) is 2.61. The van der Waals surface area contributed by atoms with Gasteiger partial charge in [0.1, 0.15) is 18.5 Å². The lowest BCUT2D eigenvalue weighted by atomic mass is 10.2. The fourth-order valence-electron chi connectivity index (χ4n) is 2.45. The zero-order chi connectivity index (χ0) is 19.7. The fourth-order valence-corrected chi connectivity index (χ4v) is 3.01. The molecule has 0 saturated heterocycles.